The van der Waals surface area contributed by atoms with Gasteiger partial charge in [0, 0.05) is 38.8 Å². The van der Waals surface area contributed by atoms with E-state index in [1.807, 2.05) is 35.2 Å². The summed E-state index contributed by atoms with van der Waals surface area (Å²) in [7, 11) is 0. The summed E-state index contributed by atoms with van der Waals surface area (Å²) in [6.07, 6.45) is 4.54. The van der Waals surface area contributed by atoms with E-state index in [0.717, 1.165) is 55.8 Å². The van der Waals surface area contributed by atoms with Crippen molar-refractivity contribution < 1.29 is 4.79 Å². The lowest BCUT2D eigenvalue weighted by Crippen LogP contribution is -2.49. The quantitative estimate of drug-likeness (QED) is 0.607. The molecule has 0 N–H and O–H groups in total. The monoisotopic (exact) mass is 419 g/mol. The third-order valence-electron chi connectivity index (χ3n) is 6.01. The van der Waals surface area contributed by atoms with Crippen molar-refractivity contribution in [2.24, 2.45) is 0 Å². The average Bonchev–Trinajstić information content (AvgIpc) is 3.47. The third-order valence-corrected chi connectivity index (χ3v) is 6.01. The Morgan fingerprint density at radius 1 is 0.968 bits per heavy atom. The molecule has 9 heteroatoms. The molecule has 0 saturated carbocycles. The first-order chi connectivity index (χ1) is 15.2. The SMILES string of the molecule is O=C(c1cnn(-c2ccccc2)n1)N1CCN(CCn2nc3c(cc2=O)CCC3)CC1. The van der Waals surface area contributed by atoms with Crippen LogP contribution in [0.1, 0.15) is 28.2 Å². The van der Waals surface area contributed by atoms with Crippen molar-refractivity contribution in [3.63, 3.8) is 0 Å². The maximum Gasteiger partial charge on any atom is 0.276 e. The van der Waals surface area contributed by atoms with Gasteiger partial charge in [-0.2, -0.15) is 15.0 Å². The molecule has 1 saturated heterocycles. The summed E-state index contributed by atoms with van der Waals surface area (Å²) in [6.45, 7) is 4.10. The molecule has 31 heavy (non-hydrogen) atoms. The van der Waals surface area contributed by atoms with Gasteiger partial charge in [0.2, 0.25) is 0 Å². The number of fused-ring (bicyclic) bond motifs is 1. The number of amides is 1. The second-order valence-corrected chi connectivity index (χ2v) is 8.02. The van der Waals surface area contributed by atoms with Crippen molar-refractivity contribution in [2.75, 3.05) is 32.7 Å². The van der Waals surface area contributed by atoms with E-state index in [0.29, 0.717) is 25.3 Å². The van der Waals surface area contributed by atoms with Gasteiger partial charge < -0.3 is 4.90 Å². The number of aryl methyl sites for hydroxylation is 2. The van der Waals surface area contributed by atoms with Crippen LogP contribution in [0.3, 0.4) is 0 Å². The van der Waals surface area contributed by atoms with Crippen LogP contribution in [0.15, 0.2) is 47.4 Å². The van der Waals surface area contributed by atoms with Crippen molar-refractivity contribution in [3.8, 4) is 5.69 Å². The first-order valence-corrected chi connectivity index (χ1v) is 10.8. The highest BCUT2D eigenvalue weighted by Gasteiger charge is 2.24. The topological polar surface area (TPSA) is 89.2 Å². The summed E-state index contributed by atoms with van der Waals surface area (Å²) in [5.41, 5.74) is 3.33. The molecule has 9 nitrogen and oxygen atoms in total. The molecule has 0 spiro atoms. The van der Waals surface area contributed by atoms with E-state index >= 15 is 0 Å². The maximum absolute atomic E-state index is 12.8. The van der Waals surface area contributed by atoms with Crippen molar-refractivity contribution >= 4 is 5.91 Å². The molecule has 1 aromatic carbocycles. The predicted octanol–water partition coefficient (Wildman–Crippen LogP) is 0.771. The van der Waals surface area contributed by atoms with Gasteiger partial charge >= 0.3 is 0 Å². The summed E-state index contributed by atoms with van der Waals surface area (Å²) in [5.74, 6) is -0.0988. The van der Waals surface area contributed by atoms with Crippen LogP contribution in [0.4, 0.5) is 0 Å². The number of hydrogen-bond acceptors (Lipinski definition) is 6. The molecule has 0 radical (unpaired) electrons. The van der Waals surface area contributed by atoms with Crippen LogP contribution >= 0.6 is 0 Å². The Labute approximate surface area is 179 Å². The first kappa shape index (κ1) is 19.6. The lowest BCUT2D eigenvalue weighted by atomic mass is 10.2. The van der Waals surface area contributed by atoms with Gasteiger partial charge in [-0.1, -0.05) is 18.2 Å². The van der Waals surface area contributed by atoms with Gasteiger partial charge in [-0.05, 0) is 37.0 Å². The zero-order valence-electron chi connectivity index (χ0n) is 17.4. The van der Waals surface area contributed by atoms with Gasteiger partial charge in [0.1, 0.15) is 0 Å². The zero-order chi connectivity index (χ0) is 21.2. The molecule has 160 valence electrons. The van der Waals surface area contributed by atoms with Gasteiger partial charge in [0.15, 0.2) is 5.69 Å². The van der Waals surface area contributed by atoms with Crippen LogP contribution in [0.5, 0.6) is 0 Å². The molecule has 5 rings (SSSR count). The van der Waals surface area contributed by atoms with Gasteiger partial charge in [-0.15, -0.1) is 5.10 Å². The molecular formula is C22H25N7O2. The number of hydrogen-bond donors (Lipinski definition) is 0. The molecule has 0 unspecified atom stereocenters. The Morgan fingerprint density at radius 2 is 1.77 bits per heavy atom. The van der Waals surface area contributed by atoms with Gasteiger partial charge in [0.25, 0.3) is 11.5 Å². The zero-order valence-corrected chi connectivity index (χ0v) is 17.4. The highest BCUT2D eigenvalue weighted by Crippen LogP contribution is 2.17. The number of aromatic nitrogens is 5. The number of rotatable bonds is 5. The summed E-state index contributed by atoms with van der Waals surface area (Å²) in [4.78, 5) is 30.7. The van der Waals surface area contributed by atoms with Crippen LogP contribution < -0.4 is 5.56 Å². The van der Waals surface area contributed by atoms with Crippen molar-refractivity contribution in [3.05, 3.63) is 69.9 Å². The predicted molar refractivity (Wildman–Crippen MR) is 114 cm³/mol. The molecule has 1 amide bonds. The third kappa shape index (κ3) is 4.13. The van der Waals surface area contributed by atoms with E-state index in [9.17, 15) is 9.59 Å². The molecule has 0 atom stereocenters. The molecule has 0 bridgehead atoms. The molecule has 1 aliphatic heterocycles. The summed E-state index contributed by atoms with van der Waals surface area (Å²) in [5, 5.41) is 13.1. The molecule has 2 aliphatic rings. The summed E-state index contributed by atoms with van der Waals surface area (Å²) >= 11 is 0. The highest BCUT2D eigenvalue weighted by atomic mass is 16.2. The lowest BCUT2D eigenvalue weighted by molar-refractivity contribution is 0.0625. The van der Waals surface area contributed by atoms with E-state index < -0.39 is 0 Å². The van der Waals surface area contributed by atoms with Crippen molar-refractivity contribution in [2.45, 2.75) is 25.8 Å². The number of benzene rings is 1. The van der Waals surface area contributed by atoms with Gasteiger partial charge in [0.05, 0.1) is 24.1 Å². The maximum atomic E-state index is 12.8. The Hall–Kier alpha value is -3.33. The standard InChI is InChI=1S/C22H25N7O2/c30-21-15-17-5-4-8-19(17)24-28(21)14-11-26-9-12-27(13-10-26)22(31)20-16-23-29(25-20)18-6-2-1-3-7-18/h1-3,6-7,15-16H,4-5,8-14H2. The van der Waals surface area contributed by atoms with E-state index in [-0.39, 0.29) is 11.5 Å². The normalized spacial score (nSPS) is 16.5. The number of para-hydroxylation sites is 1. The molecule has 1 aliphatic carbocycles. The van der Waals surface area contributed by atoms with E-state index in [2.05, 4.69) is 20.2 Å². The smallest absolute Gasteiger partial charge is 0.276 e. The van der Waals surface area contributed by atoms with Crippen LogP contribution in [-0.2, 0) is 19.4 Å². The first-order valence-electron chi connectivity index (χ1n) is 10.8. The number of piperazine rings is 1. The lowest BCUT2D eigenvalue weighted by Gasteiger charge is -2.34. The Balaban J connectivity index is 1.15. The van der Waals surface area contributed by atoms with Gasteiger partial charge in [-0.25, -0.2) is 4.68 Å². The van der Waals surface area contributed by atoms with Crippen LogP contribution in [-0.4, -0.2) is 73.2 Å². The second kappa shape index (κ2) is 8.43. The number of carbonyl (C=O) groups is 1. The molecular weight excluding hydrogens is 394 g/mol. The fraction of sp³-hybridized carbons (Fsp3) is 0.409. The number of nitrogens with zero attached hydrogens (tertiary/aromatic N) is 7. The average molecular weight is 419 g/mol. The molecule has 3 aromatic rings. The van der Waals surface area contributed by atoms with Crippen molar-refractivity contribution in [1.82, 2.24) is 34.6 Å². The fourth-order valence-electron chi connectivity index (χ4n) is 4.22. The second-order valence-electron chi connectivity index (χ2n) is 8.02. The number of carbonyl (C=O) groups excluding carboxylic acids is 1. The summed E-state index contributed by atoms with van der Waals surface area (Å²) in [6, 6.07) is 11.3. The highest BCUT2D eigenvalue weighted by molar-refractivity contribution is 5.92. The molecule has 2 aromatic heterocycles. The minimum atomic E-state index is -0.0988. The van der Waals surface area contributed by atoms with E-state index in [1.54, 1.807) is 10.7 Å². The Bertz CT molecular complexity index is 1130. The van der Waals surface area contributed by atoms with Crippen LogP contribution in [0.25, 0.3) is 5.69 Å². The van der Waals surface area contributed by atoms with Crippen LogP contribution in [0, 0.1) is 0 Å². The minimum Gasteiger partial charge on any atom is -0.335 e. The Kier molecular flexibility index (Phi) is 5.33. The minimum absolute atomic E-state index is 0.0176. The molecule has 1 fully saturated rings. The van der Waals surface area contributed by atoms with Crippen molar-refractivity contribution in [1.29, 1.82) is 0 Å². The molecule has 3 heterocycles. The summed E-state index contributed by atoms with van der Waals surface area (Å²) < 4.78 is 1.59. The fourth-order valence-corrected chi connectivity index (χ4v) is 4.22. The van der Waals surface area contributed by atoms with Gasteiger partial charge in [-0.3, -0.25) is 14.5 Å². The van der Waals surface area contributed by atoms with Crippen LogP contribution in [0.2, 0.25) is 0 Å². The largest absolute Gasteiger partial charge is 0.335 e. The van der Waals surface area contributed by atoms with E-state index in [1.165, 1.54) is 11.0 Å². The van der Waals surface area contributed by atoms with E-state index in [4.69, 9.17) is 0 Å². The Morgan fingerprint density at radius 3 is 2.58 bits per heavy atom.